The summed E-state index contributed by atoms with van der Waals surface area (Å²) in [7, 11) is 0. The molecule has 1 aliphatic rings. The maximum Gasteiger partial charge on any atom is 0.329 e. The second kappa shape index (κ2) is 8.16. The number of nitrogens with one attached hydrogen (secondary N) is 2. The molecule has 0 atom stereocenters. The van der Waals surface area contributed by atoms with Gasteiger partial charge >= 0.3 is 5.69 Å². The Labute approximate surface area is 187 Å². The number of hydrogen-bond acceptors (Lipinski definition) is 4. The third-order valence-electron chi connectivity index (χ3n) is 6.18. The molecule has 0 spiro atoms. The number of H-pyrrole nitrogens is 2. The van der Waals surface area contributed by atoms with Crippen LogP contribution in [0.4, 0.5) is 4.39 Å². The van der Waals surface area contributed by atoms with E-state index in [2.05, 4.69) is 15.2 Å². The third-order valence-corrected chi connectivity index (χ3v) is 6.18. The quantitative estimate of drug-likeness (QED) is 0.504. The molecule has 33 heavy (non-hydrogen) atoms. The minimum atomic E-state index is -0.539. The molecular formula is C24H22FN5O3. The summed E-state index contributed by atoms with van der Waals surface area (Å²) >= 11 is 0. The molecule has 0 aliphatic carbocycles. The van der Waals surface area contributed by atoms with Gasteiger partial charge in [0.05, 0.1) is 28.4 Å². The summed E-state index contributed by atoms with van der Waals surface area (Å²) in [5.41, 5.74) is 2.36. The van der Waals surface area contributed by atoms with Crippen molar-refractivity contribution in [1.29, 1.82) is 0 Å². The van der Waals surface area contributed by atoms with Crippen molar-refractivity contribution in [3.63, 3.8) is 0 Å². The van der Waals surface area contributed by atoms with Crippen molar-refractivity contribution >= 4 is 16.8 Å². The maximum atomic E-state index is 13.7. The molecule has 1 fully saturated rings. The highest BCUT2D eigenvalue weighted by Crippen LogP contribution is 2.26. The van der Waals surface area contributed by atoms with Gasteiger partial charge in [-0.25, -0.2) is 9.18 Å². The average molecular weight is 447 g/mol. The zero-order chi connectivity index (χ0) is 23.1. The number of nitrogens with zero attached hydrogens (tertiary/aromatic N) is 3. The Hall–Kier alpha value is -4.01. The van der Waals surface area contributed by atoms with Crippen LogP contribution in [0.5, 0.6) is 0 Å². The lowest BCUT2D eigenvalue weighted by Crippen LogP contribution is -2.45. The Kier molecular flexibility index (Phi) is 5.16. The SMILES string of the molecule is Cc1cccc(-c2[nH]ncc2C(=O)N2CCC(n3c(=O)[nH]c4ccc(F)cc4c3=O)CC2)c1. The molecule has 0 radical (unpaired) electrons. The molecule has 1 amide bonds. The smallest absolute Gasteiger partial charge is 0.329 e. The summed E-state index contributed by atoms with van der Waals surface area (Å²) in [6.45, 7) is 2.75. The van der Waals surface area contributed by atoms with Gasteiger partial charge in [-0.15, -0.1) is 0 Å². The number of hydrogen-bond donors (Lipinski definition) is 2. The van der Waals surface area contributed by atoms with Crippen LogP contribution in [0.3, 0.4) is 0 Å². The van der Waals surface area contributed by atoms with Crippen LogP contribution in [0.15, 0.2) is 58.3 Å². The first-order valence-electron chi connectivity index (χ1n) is 10.8. The number of rotatable bonds is 3. The summed E-state index contributed by atoms with van der Waals surface area (Å²) < 4.78 is 14.8. The van der Waals surface area contributed by atoms with Crippen LogP contribution in [-0.4, -0.2) is 43.6 Å². The maximum absolute atomic E-state index is 13.7. The van der Waals surface area contributed by atoms with Crippen molar-refractivity contribution in [2.24, 2.45) is 0 Å². The minimum Gasteiger partial charge on any atom is -0.338 e. The molecule has 2 aromatic heterocycles. The van der Waals surface area contributed by atoms with Crippen molar-refractivity contribution in [3.8, 4) is 11.3 Å². The molecule has 9 heteroatoms. The van der Waals surface area contributed by atoms with Gasteiger partial charge in [0.25, 0.3) is 11.5 Å². The molecule has 168 valence electrons. The molecule has 0 saturated carbocycles. The van der Waals surface area contributed by atoms with E-state index in [-0.39, 0.29) is 17.3 Å². The van der Waals surface area contributed by atoms with Gasteiger partial charge < -0.3 is 9.88 Å². The lowest BCUT2D eigenvalue weighted by Gasteiger charge is -2.32. The summed E-state index contributed by atoms with van der Waals surface area (Å²) in [6, 6.07) is 11.2. The van der Waals surface area contributed by atoms with Gasteiger partial charge in [0.1, 0.15) is 5.82 Å². The fourth-order valence-corrected chi connectivity index (χ4v) is 4.50. The first-order valence-corrected chi connectivity index (χ1v) is 10.8. The zero-order valence-corrected chi connectivity index (χ0v) is 18.0. The van der Waals surface area contributed by atoms with Gasteiger partial charge in [-0.2, -0.15) is 5.10 Å². The highest BCUT2D eigenvalue weighted by molar-refractivity contribution is 5.99. The van der Waals surface area contributed by atoms with Crippen LogP contribution in [0.25, 0.3) is 22.2 Å². The van der Waals surface area contributed by atoms with Crippen LogP contribution in [0.1, 0.15) is 34.8 Å². The fraction of sp³-hybridized carbons (Fsp3) is 0.250. The monoisotopic (exact) mass is 447 g/mol. The van der Waals surface area contributed by atoms with Crippen molar-refractivity contribution in [2.75, 3.05) is 13.1 Å². The molecule has 1 saturated heterocycles. The number of halogens is 1. The van der Waals surface area contributed by atoms with E-state index in [1.54, 1.807) is 4.90 Å². The number of benzene rings is 2. The third kappa shape index (κ3) is 3.75. The van der Waals surface area contributed by atoms with E-state index >= 15 is 0 Å². The standard InChI is InChI=1S/C24H22FN5O3/c1-14-3-2-4-15(11-14)21-19(13-26-28-21)22(31)29-9-7-17(8-10-29)30-23(32)18-12-16(25)5-6-20(18)27-24(30)33/h2-6,11-13,17H,7-10H2,1H3,(H,26,28)(H,27,33). The van der Waals surface area contributed by atoms with Crippen LogP contribution in [-0.2, 0) is 0 Å². The molecule has 1 aliphatic heterocycles. The van der Waals surface area contributed by atoms with Gasteiger partial charge in [-0.1, -0.05) is 23.8 Å². The number of likely N-dealkylation sites (tertiary alicyclic amines) is 1. The number of fused-ring (bicyclic) bond motifs is 1. The predicted molar refractivity (Wildman–Crippen MR) is 122 cm³/mol. The number of carbonyl (C=O) groups is 1. The highest BCUT2D eigenvalue weighted by Gasteiger charge is 2.28. The van der Waals surface area contributed by atoms with E-state index in [0.29, 0.717) is 42.7 Å². The molecule has 3 heterocycles. The van der Waals surface area contributed by atoms with Crippen molar-refractivity contribution < 1.29 is 9.18 Å². The van der Waals surface area contributed by atoms with Crippen molar-refractivity contribution in [1.82, 2.24) is 24.6 Å². The first kappa shape index (κ1) is 20.9. The van der Waals surface area contributed by atoms with Crippen LogP contribution in [0.2, 0.25) is 0 Å². The van der Waals surface area contributed by atoms with E-state index < -0.39 is 17.1 Å². The van der Waals surface area contributed by atoms with Crippen LogP contribution >= 0.6 is 0 Å². The molecule has 2 aromatic carbocycles. The van der Waals surface area contributed by atoms with Gasteiger partial charge in [-0.05, 0) is 44.0 Å². The Balaban J connectivity index is 1.38. The number of aryl methyl sites for hydroxylation is 1. The summed E-state index contributed by atoms with van der Waals surface area (Å²) in [6.07, 6.45) is 2.40. The largest absolute Gasteiger partial charge is 0.338 e. The molecule has 0 bridgehead atoms. The van der Waals surface area contributed by atoms with Crippen molar-refractivity contribution in [3.05, 3.63) is 86.4 Å². The van der Waals surface area contributed by atoms with Crippen LogP contribution in [0, 0.1) is 12.7 Å². The second-order valence-corrected chi connectivity index (χ2v) is 8.35. The number of carbonyl (C=O) groups excluding carboxylic acids is 1. The van der Waals surface area contributed by atoms with E-state index in [1.165, 1.54) is 18.3 Å². The Morgan fingerprint density at radius 1 is 1.12 bits per heavy atom. The van der Waals surface area contributed by atoms with Gasteiger partial charge in [0, 0.05) is 24.7 Å². The number of piperidine rings is 1. The van der Waals surface area contributed by atoms with Gasteiger partial charge in [0.15, 0.2) is 0 Å². The molecule has 0 unspecified atom stereocenters. The van der Waals surface area contributed by atoms with Crippen LogP contribution < -0.4 is 11.2 Å². The Bertz CT molecular complexity index is 1480. The van der Waals surface area contributed by atoms with E-state index in [4.69, 9.17) is 0 Å². The second-order valence-electron chi connectivity index (χ2n) is 8.35. The normalized spacial score (nSPS) is 14.7. The Morgan fingerprint density at radius 2 is 1.91 bits per heavy atom. The summed E-state index contributed by atoms with van der Waals surface area (Å²) in [5.74, 6) is -0.691. The molecule has 5 rings (SSSR count). The molecule has 2 N–H and O–H groups in total. The predicted octanol–water partition coefficient (Wildman–Crippen LogP) is 3.00. The van der Waals surface area contributed by atoms with Gasteiger partial charge in [0.2, 0.25) is 0 Å². The summed E-state index contributed by atoms with van der Waals surface area (Å²) in [4.78, 5) is 43.1. The van der Waals surface area contributed by atoms with Gasteiger partial charge in [-0.3, -0.25) is 19.3 Å². The first-order chi connectivity index (χ1) is 15.9. The Morgan fingerprint density at radius 3 is 2.67 bits per heavy atom. The highest BCUT2D eigenvalue weighted by atomic mass is 19.1. The number of aromatic amines is 2. The average Bonchev–Trinajstić information content (AvgIpc) is 3.30. The van der Waals surface area contributed by atoms with Crippen molar-refractivity contribution in [2.45, 2.75) is 25.8 Å². The lowest BCUT2D eigenvalue weighted by atomic mass is 10.0. The lowest BCUT2D eigenvalue weighted by molar-refractivity contribution is 0.0693. The van der Waals surface area contributed by atoms with E-state index in [9.17, 15) is 18.8 Å². The fourth-order valence-electron chi connectivity index (χ4n) is 4.50. The number of amides is 1. The van der Waals surface area contributed by atoms with E-state index in [0.717, 1.165) is 21.8 Å². The minimum absolute atomic E-state index is 0.134. The molecular weight excluding hydrogens is 425 g/mol. The molecule has 4 aromatic rings. The zero-order valence-electron chi connectivity index (χ0n) is 18.0. The molecule has 8 nitrogen and oxygen atoms in total. The summed E-state index contributed by atoms with van der Waals surface area (Å²) in [5, 5.41) is 7.13. The van der Waals surface area contributed by atoms with E-state index in [1.807, 2.05) is 31.2 Å². The number of aromatic nitrogens is 4. The topological polar surface area (TPSA) is 104 Å².